The molecule has 41 heavy (non-hydrogen) atoms. The molecule has 3 aromatic carbocycles. The summed E-state index contributed by atoms with van der Waals surface area (Å²) >= 11 is 0. The predicted molar refractivity (Wildman–Crippen MR) is 146 cm³/mol. The number of nitrogens with two attached hydrogens (primary N) is 1. The molecule has 0 unspecified atom stereocenters. The van der Waals surface area contributed by atoms with Gasteiger partial charge < -0.3 is 20.4 Å². The van der Waals surface area contributed by atoms with E-state index in [0.717, 1.165) is 28.9 Å². The van der Waals surface area contributed by atoms with Crippen LogP contribution < -0.4 is 16.0 Å². The molecule has 0 saturated heterocycles. The Morgan fingerprint density at radius 3 is 2.51 bits per heavy atom. The van der Waals surface area contributed by atoms with Crippen LogP contribution in [0, 0.1) is 5.82 Å². The number of fused-ring (bicyclic) bond motifs is 1. The van der Waals surface area contributed by atoms with Gasteiger partial charge in [0.25, 0.3) is 5.91 Å². The first-order valence-electron chi connectivity index (χ1n) is 13.1. The molecule has 0 spiro atoms. The van der Waals surface area contributed by atoms with E-state index in [9.17, 15) is 27.2 Å². The molecule has 3 N–H and O–H groups in total. The number of benzene rings is 3. The van der Waals surface area contributed by atoms with E-state index in [4.69, 9.17) is 10.2 Å². The van der Waals surface area contributed by atoms with Crippen LogP contribution in [0.5, 0.6) is 0 Å². The van der Waals surface area contributed by atoms with Crippen LogP contribution in [0.2, 0.25) is 0 Å². The molecule has 2 amide bonds. The summed E-state index contributed by atoms with van der Waals surface area (Å²) in [6.07, 6.45) is -3.68. The zero-order valence-electron chi connectivity index (χ0n) is 21.9. The van der Waals surface area contributed by atoms with Gasteiger partial charge in [-0.3, -0.25) is 9.59 Å². The highest BCUT2D eigenvalue weighted by Crippen LogP contribution is 2.36. The Morgan fingerprint density at radius 2 is 1.78 bits per heavy atom. The number of hydrogen-bond donors (Lipinski definition) is 2. The van der Waals surface area contributed by atoms with Gasteiger partial charge in [-0.1, -0.05) is 42.5 Å². The molecule has 1 aliphatic heterocycles. The highest BCUT2D eigenvalue weighted by Gasteiger charge is 2.32. The maximum atomic E-state index is 13.6. The van der Waals surface area contributed by atoms with Crippen LogP contribution in [0.25, 0.3) is 11.3 Å². The molecule has 0 saturated carbocycles. The highest BCUT2D eigenvalue weighted by atomic mass is 19.4. The topological polar surface area (TPSA) is 88.6 Å². The molecule has 10 heteroatoms. The number of carbonyl (C=O) groups is 2. The van der Waals surface area contributed by atoms with Crippen LogP contribution in [-0.4, -0.2) is 31.4 Å². The summed E-state index contributed by atoms with van der Waals surface area (Å²) < 4.78 is 59.2. The van der Waals surface area contributed by atoms with Gasteiger partial charge in [0.05, 0.1) is 11.5 Å². The quantitative estimate of drug-likeness (QED) is 0.255. The molecule has 6 nitrogen and oxygen atoms in total. The summed E-state index contributed by atoms with van der Waals surface area (Å²) in [6.45, 7) is 1.44. The minimum atomic E-state index is -4.57. The van der Waals surface area contributed by atoms with Gasteiger partial charge in [0, 0.05) is 36.4 Å². The second-order valence-electron chi connectivity index (χ2n) is 9.88. The zero-order chi connectivity index (χ0) is 29.1. The minimum absolute atomic E-state index is 0.00772. The third kappa shape index (κ3) is 6.26. The Labute approximate surface area is 233 Å². The Kier molecular flexibility index (Phi) is 7.83. The summed E-state index contributed by atoms with van der Waals surface area (Å²) in [4.78, 5) is 28.0. The van der Waals surface area contributed by atoms with Crippen molar-refractivity contribution in [2.75, 3.05) is 24.5 Å². The fourth-order valence-corrected chi connectivity index (χ4v) is 5.15. The summed E-state index contributed by atoms with van der Waals surface area (Å²) in [6, 6.07) is 19.7. The van der Waals surface area contributed by atoms with Gasteiger partial charge in [0.2, 0.25) is 5.91 Å². The second-order valence-corrected chi connectivity index (χ2v) is 9.88. The second kappa shape index (κ2) is 11.5. The molecule has 0 aliphatic carbocycles. The molecule has 1 atom stereocenters. The van der Waals surface area contributed by atoms with Gasteiger partial charge in [-0.25, -0.2) is 4.39 Å². The number of carbonyl (C=O) groups excluding carboxylic acids is 2. The molecule has 0 radical (unpaired) electrons. The Balaban J connectivity index is 1.41. The number of amides is 2. The van der Waals surface area contributed by atoms with E-state index in [0.29, 0.717) is 19.5 Å². The molecule has 1 aliphatic rings. The normalized spacial score (nSPS) is 13.6. The predicted octanol–water partition coefficient (Wildman–Crippen LogP) is 5.71. The first-order valence-corrected chi connectivity index (χ1v) is 13.1. The number of alkyl halides is 3. The Bertz CT molecular complexity index is 1570. The lowest BCUT2D eigenvalue weighted by atomic mass is 9.90. The number of anilines is 1. The van der Waals surface area contributed by atoms with Crippen molar-refractivity contribution in [2.24, 2.45) is 5.73 Å². The van der Waals surface area contributed by atoms with Crippen LogP contribution in [-0.2, 0) is 23.8 Å². The van der Waals surface area contributed by atoms with Gasteiger partial charge in [-0.05, 0) is 60.4 Å². The zero-order valence-corrected chi connectivity index (χ0v) is 21.9. The largest absolute Gasteiger partial charge is 0.451 e. The third-order valence-electron chi connectivity index (χ3n) is 7.15. The lowest BCUT2D eigenvalue weighted by Gasteiger charge is -2.21. The smallest absolute Gasteiger partial charge is 0.416 e. The maximum Gasteiger partial charge on any atom is 0.416 e. The number of hydrogen-bond acceptors (Lipinski definition) is 4. The minimum Gasteiger partial charge on any atom is -0.451 e. The molecular formula is C31H27F4N3O3. The molecule has 2 heterocycles. The van der Waals surface area contributed by atoms with Crippen LogP contribution in [0.15, 0.2) is 83.3 Å². The van der Waals surface area contributed by atoms with E-state index >= 15 is 0 Å². The van der Waals surface area contributed by atoms with Gasteiger partial charge in [-0.15, -0.1) is 0 Å². The summed E-state index contributed by atoms with van der Waals surface area (Å²) in [5, 5.41) is 2.92. The SMILES string of the molecule is NC(=O)c1oc(-c2cccc(C(F)(F)F)c2)cc1[C@H](Cc1ccccc1)C(=O)NCCN1CCc2cc(F)ccc21. The Morgan fingerprint density at radius 1 is 1.00 bits per heavy atom. The number of primary amides is 1. The lowest BCUT2D eigenvalue weighted by Crippen LogP contribution is -2.37. The van der Waals surface area contributed by atoms with Gasteiger partial charge in [-0.2, -0.15) is 13.2 Å². The van der Waals surface area contributed by atoms with Crippen molar-refractivity contribution < 1.29 is 31.6 Å². The molecular weight excluding hydrogens is 538 g/mol. The molecule has 0 bridgehead atoms. The van der Waals surface area contributed by atoms with E-state index in [1.165, 1.54) is 30.3 Å². The van der Waals surface area contributed by atoms with E-state index in [1.807, 2.05) is 30.3 Å². The van der Waals surface area contributed by atoms with Crippen molar-refractivity contribution in [3.05, 3.63) is 113 Å². The lowest BCUT2D eigenvalue weighted by molar-refractivity contribution is -0.137. The van der Waals surface area contributed by atoms with Gasteiger partial charge in [0.15, 0.2) is 5.76 Å². The average Bonchev–Trinajstić information content (AvgIpc) is 3.56. The van der Waals surface area contributed by atoms with Crippen molar-refractivity contribution in [1.82, 2.24) is 5.32 Å². The van der Waals surface area contributed by atoms with E-state index in [1.54, 1.807) is 6.07 Å². The standard InChI is InChI=1S/C31H27F4N3O3/c32-23-9-10-26-20(17-23)11-13-38(26)14-12-37-30(40)25(15-19-5-2-1-3-6-19)24-18-27(41-28(24)29(36)39)21-7-4-8-22(16-21)31(33,34)35/h1-10,16-18,25H,11-15H2,(H2,36,39)(H,37,40)/t25-/m0/s1. The summed E-state index contributed by atoms with van der Waals surface area (Å²) in [5.41, 5.74) is 7.63. The molecule has 0 fully saturated rings. The summed E-state index contributed by atoms with van der Waals surface area (Å²) in [5.74, 6) is -2.84. The summed E-state index contributed by atoms with van der Waals surface area (Å²) in [7, 11) is 0. The maximum absolute atomic E-state index is 13.6. The monoisotopic (exact) mass is 565 g/mol. The van der Waals surface area contributed by atoms with Crippen molar-refractivity contribution >= 4 is 17.5 Å². The number of nitrogens with one attached hydrogen (secondary N) is 1. The molecule has 4 aromatic rings. The number of rotatable bonds is 9. The van der Waals surface area contributed by atoms with Gasteiger partial charge in [0.1, 0.15) is 11.6 Å². The van der Waals surface area contributed by atoms with Crippen LogP contribution >= 0.6 is 0 Å². The van der Waals surface area contributed by atoms with Crippen molar-refractivity contribution in [3.8, 4) is 11.3 Å². The first-order chi connectivity index (χ1) is 19.6. The third-order valence-corrected chi connectivity index (χ3v) is 7.15. The molecule has 5 rings (SSSR count). The fraction of sp³-hybridized carbons (Fsp3) is 0.226. The van der Waals surface area contributed by atoms with Crippen LogP contribution in [0.4, 0.5) is 23.2 Å². The number of nitrogens with zero attached hydrogens (tertiary/aromatic N) is 1. The van der Waals surface area contributed by atoms with Crippen LogP contribution in [0.1, 0.15) is 38.7 Å². The first kappa shape index (κ1) is 27.9. The number of halogens is 4. The van der Waals surface area contributed by atoms with Crippen molar-refractivity contribution in [1.29, 1.82) is 0 Å². The number of furan rings is 1. The Hall–Kier alpha value is -4.60. The molecule has 212 valence electrons. The van der Waals surface area contributed by atoms with Crippen LogP contribution in [0.3, 0.4) is 0 Å². The average molecular weight is 566 g/mol. The van der Waals surface area contributed by atoms with Gasteiger partial charge >= 0.3 is 6.18 Å². The van der Waals surface area contributed by atoms with E-state index in [-0.39, 0.29) is 41.4 Å². The highest BCUT2D eigenvalue weighted by molar-refractivity contribution is 5.95. The van der Waals surface area contributed by atoms with Crippen molar-refractivity contribution in [2.45, 2.75) is 24.9 Å². The fourth-order valence-electron chi connectivity index (χ4n) is 5.15. The van der Waals surface area contributed by atoms with E-state index in [2.05, 4.69) is 10.2 Å². The molecule has 1 aromatic heterocycles. The van der Waals surface area contributed by atoms with E-state index < -0.39 is 29.5 Å². The van der Waals surface area contributed by atoms with Crippen molar-refractivity contribution in [3.63, 3.8) is 0 Å².